The number of carbonyl (C=O) groups excluding carboxylic acids is 1. The van der Waals surface area contributed by atoms with E-state index in [1.807, 2.05) is 0 Å². The van der Waals surface area contributed by atoms with Gasteiger partial charge in [-0.1, -0.05) is 55.5 Å². The highest BCUT2D eigenvalue weighted by atomic mass is 16.2. The molecule has 2 fully saturated rings. The number of aromatic nitrogens is 2. The number of carbonyl (C=O) groups is 1. The average Bonchev–Trinajstić information content (AvgIpc) is 3.00. The minimum atomic E-state index is 0.146. The second kappa shape index (κ2) is 9.15. The first-order chi connectivity index (χ1) is 15.2. The number of fused-ring (bicyclic) bond motifs is 1. The summed E-state index contributed by atoms with van der Waals surface area (Å²) in [6.45, 7) is 6.77. The van der Waals surface area contributed by atoms with Crippen LogP contribution in [0.3, 0.4) is 0 Å². The van der Waals surface area contributed by atoms with Crippen LogP contribution in [0.4, 0.5) is 0 Å². The van der Waals surface area contributed by atoms with Crippen molar-refractivity contribution in [1.29, 1.82) is 0 Å². The second-order valence-corrected chi connectivity index (χ2v) is 9.68. The fraction of sp³-hybridized carbons (Fsp3) is 0.615. The molecule has 1 saturated heterocycles. The first-order valence-electron chi connectivity index (χ1n) is 12.4. The molecule has 1 aliphatic carbocycles. The molecule has 1 saturated carbocycles. The van der Waals surface area contributed by atoms with Crippen LogP contribution < -0.4 is 0 Å². The Morgan fingerprint density at radius 2 is 1.58 bits per heavy atom. The first kappa shape index (κ1) is 20.7. The zero-order valence-electron chi connectivity index (χ0n) is 19.0. The monoisotopic (exact) mass is 420 g/mol. The van der Waals surface area contributed by atoms with E-state index in [2.05, 4.69) is 45.6 Å². The lowest BCUT2D eigenvalue weighted by Gasteiger charge is -2.40. The van der Waals surface area contributed by atoms with Crippen molar-refractivity contribution in [2.75, 3.05) is 26.2 Å². The Balaban J connectivity index is 1.37. The maximum Gasteiger partial charge on any atom is 0.274 e. The molecule has 2 aliphatic heterocycles. The number of piperazine rings is 1. The van der Waals surface area contributed by atoms with Gasteiger partial charge in [-0.05, 0) is 39.0 Å². The Bertz CT molecular complexity index is 902. The van der Waals surface area contributed by atoms with Gasteiger partial charge < -0.3 is 9.47 Å². The molecule has 3 heterocycles. The molecule has 1 aromatic heterocycles. The molecule has 3 aliphatic rings. The molecular weight excluding hydrogens is 384 g/mol. The number of hydrogen-bond acceptors (Lipinski definition) is 3. The van der Waals surface area contributed by atoms with E-state index in [1.165, 1.54) is 44.1 Å². The quantitative estimate of drug-likeness (QED) is 0.724. The highest BCUT2D eigenvalue weighted by Crippen LogP contribution is 2.29. The zero-order chi connectivity index (χ0) is 21.2. The van der Waals surface area contributed by atoms with E-state index in [9.17, 15) is 4.79 Å². The molecule has 166 valence electrons. The Morgan fingerprint density at radius 3 is 2.32 bits per heavy atom. The SMILES string of the molecule is Cc1ccc(-c2nc(C(=O)N3CCN(C4CCCCC4)CC3)c3n2CCCCC3)cc1. The lowest BCUT2D eigenvalue weighted by Crippen LogP contribution is -2.52. The van der Waals surface area contributed by atoms with Gasteiger partial charge in [0.2, 0.25) is 0 Å². The van der Waals surface area contributed by atoms with Crippen LogP contribution >= 0.6 is 0 Å². The maximum atomic E-state index is 13.6. The van der Waals surface area contributed by atoms with Crippen molar-refractivity contribution in [1.82, 2.24) is 19.4 Å². The first-order valence-corrected chi connectivity index (χ1v) is 12.4. The van der Waals surface area contributed by atoms with E-state index in [4.69, 9.17) is 4.98 Å². The maximum absolute atomic E-state index is 13.6. The smallest absolute Gasteiger partial charge is 0.274 e. The molecule has 0 radical (unpaired) electrons. The third kappa shape index (κ3) is 4.30. The molecule has 0 atom stereocenters. The van der Waals surface area contributed by atoms with Gasteiger partial charge in [0.25, 0.3) is 5.91 Å². The molecule has 0 unspecified atom stereocenters. The summed E-state index contributed by atoms with van der Waals surface area (Å²) in [6, 6.07) is 9.31. The number of aryl methyl sites for hydroxylation is 1. The molecule has 1 amide bonds. The Morgan fingerprint density at radius 1 is 0.871 bits per heavy atom. The van der Waals surface area contributed by atoms with Crippen LogP contribution in [0, 0.1) is 6.92 Å². The number of imidazole rings is 1. The summed E-state index contributed by atoms with van der Waals surface area (Å²) >= 11 is 0. The van der Waals surface area contributed by atoms with E-state index in [-0.39, 0.29) is 5.91 Å². The molecule has 0 spiro atoms. The van der Waals surface area contributed by atoms with Gasteiger partial charge in [-0.25, -0.2) is 4.98 Å². The van der Waals surface area contributed by atoms with Gasteiger partial charge in [-0.2, -0.15) is 0 Å². The lowest BCUT2D eigenvalue weighted by molar-refractivity contribution is 0.0517. The van der Waals surface area contributed by atoms with Crippen molar-refractivity contribution in [3.8, 4) is 11.4 Å². The minimum Gasteiger partial charge on any atom is -0.335 e. The normalized spacial score (nSPS) is 21.0. The standard InChI is InChI=1S/C26H36N4O/c1-20-11-13-21(14-12-20)25-27-24(23-10-6-3-7-15-30(23)25)26(31)29-18-16-28(17-19-29)22-8-4-2-5-9-22/h11-14,22H,2-10,15-19H2,1H3. The Kier molecular flexibility index (Phi) is 6.13. The number of benzene rings is 1. The van der Waals surface area contributed by atoms with Crippen LogP contribution in [0.5, 0.6) is 0 Å². The molecule has 0 bridgehead atoms. The lowest BCUT2D eigenvalue weighted by atomic mass is 9.94. The largest absolute Gasteiger partial charge is 0.335 e. The van der Waals surface area contributed by atoms with Crippen molar-refractivity contribution in [3.63, 3.8) is 0 Å². The fourth-order valence-electron chi connectivity index (χ4n) is 5.70. The highest BCUT2D eigenvalue weighted by molar-refractivity contribution is 5.94. The summed E-state index contributed by atoms with van der Waals surface area (Å²) in [4.78, 5) is 23.3. The molecule has 5 heteroatoms. The zero-order valence-corrected chi connectivity index (χ0v) is 19.0. The minimum absolute atomic E-state index is 0.146. The summed E-state index contributed by atoms with van der Waals surface area (Å²) in [6.07, 6.45) is 11.3. The molecule has 2 aromatic rings. The number of hydrogen-bond donors (Lipinski definition) is 0. The van der Waals surface area contributed by atoms with Crippen molar-refractivity contribution < 1.29 is 4.79 Å². The predicted molar refractivity (Wildman–Crippen MR) is 124 cm³/mol. The third-order valence-corrected chi connectivity index (χ3v) is 7.57. The molecule has 1 aromatic carbocycles. The van der Waals surface area contributed by atoms with Crippen LogP contribution in [0.2, 0.25) is 0 Å². The Labute approximate surface area is 186 Å². The summed E-state index contributed by atoms with van der Waals surface area (Å²) in [5, 5.41) is 0. The molecule has 5 rings (SSSR count). The van der Waals surface area contributed by atoms with Gasteiger partial charge in [0.15, 0.2) is 0 Å². The van der Waals surface area contributed by atoms with E-state index in [0.717, 1.165) is 75.1 Å². The fourth-order valence-corrected chi connectivity index (χ4v) is 5.70. The van der Waals surface area contributed by atoms with Crippen molar-refractivity contribution in [2.24, 2.45) is 0 Å². The van der Waals surface area contributed by atoms with E-state index in [1.54, 1.807) is 0 Å². The average molecular weight is 421 g/mol. The van der Waals surface area contributed by atoms with Crippen molar-refractivity contribution in [3.05, 3.63) is 41.2 Å². The van der Waals surface area contributed by atoms with Crippen LogP contribution in [-0.4, -0.2) is 57.5 Å². The van der Waals surface area contributed by atoms with Crippen molar-refractivity contribution >= 4 is 5.91 Å². The van der Waals surface area contributed by atoms with E-state index < -0.39 is 0 Å². The van der Waals surface area contributed by atoms with Gasteiger partial charge >= 0.3 is 0 Å². The van der Waals surface area contributed by atoms with Crippen LogP contribution in [0.1, 0.15) is 73.1 Å². The van der Waals surface area contributed by atoms with Gasteiger partial charge in [0, 0.05) is 44.3 Å². The summed E-state index contributed by atoms with van der Waals surface area (Å²) in [5.74, 6) is 1.12. The van der Waals surface area contributed by atoms with Gasteiger partial charge in [-0.15, -0.1) is 0 Å². The van der Waals surface area contributed by atoms with Crippen LogP contribution in [-0.2, 0) is 13.0 Å². The summed E-state index contributed by atoms with van der Waals surface area (Å²) in [7, 11) is 0. The number of amides is 1. The predicted octanol–water partition coefficient (Wildman–Crippen LogP) is 4.68. The number of nitrogens with zero attached hydrogens (tertiary/aromatic N) is 4. The van der Waals surface area contributed by atoms with Crippen molar-refractivity contribution in [2.45, 2.75) is 77.3 Å². The van der Waals surface area contributed by atoms with Gasteiger partial charge in [0.05, 0.1) is 5.69 Å². The highest BCUT2D eigenvalue weighted by Gasteiger charge is 2.31. The second-order valence-electron chi connectivity index (χ2n) is 9.68. The van der Waals surface area contributed by atoms with Crippen LogP contribution in [0.25, 0.3) is 11.4 Å². The number of rotatable bonds is 3. The molecule has 0 N–H and O–H groups in total. The van der Waals surface area contributed by atoms with Gasteiger partial charge in [-0.3, -0.25) is 9.69 Å². The molecule has 5 nitrogen and oxygen atoms in total. The molecule has 31 heavy (non-hydrogen) atoms. The van der Waals surface area contributed by atoms with Gasteiger partial charge in [0.1, 0.15) is 11.5 Å². The molecular formula is C26H36N4O. The Hall–Kier alpha value is -2.14. The van der Waals surface area contributed by atoms with E-state index >= 15 is 0 Å². The summed E-state index contributed by atoms with van der Waals surface area (Å²) in [5.41, 5.74) is 4.24. The third-order valence-electron chi connectivity index (χ3n) is 7.57. The summed E-state index contributed by atoms with van der Waals surface area (Å²) < 4.78 is 2.34. The van der Waals surface area contributed by atoms with Crippen LogP contribution in [0.15, 0.2) is 24.3 Å². The van der Waals surface area contributed by atoms with E-state index in [0.29, 0.717) is 5.69 Å². The topological polar surface area (TPSA) is 41.4 Å².